The number of aliphatic hydroxyl groups is 1. The molecule has 29 heavy (non-hydrogen) atoms. The van der Waals surface area contributed by atoms with Gasteiger partial charge in [0.2, 0.25) is 0 Å². The lowest BCUT2D eigenvalue weighted by atomic mass is 9.46. The highest BCUT2D eigenvalue weighted by Gasteiger charge is 2.61. The summed E-state index contributed by atoms with van der Waals surface area (Å²) in [6.45, 7) is 12.5. The highest BCUT2D eigenvalue weighted by molar-refractivity contribution is 6.48. The lowest BCUT2D eigenvalue weighted by Crippen LogP contribution is -2.55. The molecule has 0 spiro atoms. The molecule has 4 rings (SSSR count). The molecular weight excluding hydrogens is 376 g/mol. The van der Waals surface area contributed by atoms with Crippen molar-refractivity contribution in [3.8, 4) is 0 Å². The minimum absolute atomic E-state index is 0.0177. The predicted molar refractivity (Wildman–Crippen MR) is 120 cm³/mol. The lowest BCUT2D eigenvalue weighted by molar-refractivity contribution is -0.138. The van der Waals surface area contributed by atoms with Gasteiger partial charge < -0.3 is 9.53 Å². The first-order valence-corrected chi connectivity index (χ1v) is 14.9. The number of hydrogen-bond acceptors (Lipinski definition) is 3. The molecule has 0 bridgehead atoms. The SMILES string of the molecule is C[SiH](C)OC[C@]12CC[C@H]3[C@@H](CC=C4CC(C(C)(C)C)CC[C@@]43CO)[C@@H]1CCC2=O. The van der Waals surface area contributed by atoms with Crippen LogP contribution in [0.1, 0.15) is 72.1 Å². The van der Waals surface area contributed by atoms with Gasteiger partial charge in [-0.15, -0.1) is 0 Å². The fraction of sp³-hybridized carbons (Fsp3) is 0.880. The van der Waals surface area contributed by atoms with Crippen molar-refractivity contribution in [2.45, 2.75) is 85.2 Å². The van der Waals surface area contributed by atoms with Gasteiger partial charge in [-0.3, -0.25) is 4.79 Å². The molecule has 4 heteroatoms. The molecule has 4 aliphatic rings. The molecule has 6 atom stereocenters. The number of carbonyl (C=O) groups is 1. The van der Waals surface area contributed by atoms with Crippen LogP contribution in [0, 0.1) is 39.9 Å². The molecule has 3 nitrogen and oxygen atoms in total. The van der Waals surface area contributed by atoms with Crippen LogP contribution in [-0.2, 0) is 9.22 Å². The number of Topliss-reactive ketones (excluding diaryl/α,β-unsaturated/α-hetero) is 1. The fourth-order valence-electron chi connectivity index (χ4n) is 7.65. The molecule has 0 aromatic rings. The Morgan fingerprint density at radius 2 is 1.83 bits per heavy atom. The molecule has 0 aromatic carbocycles. The van der Waals surface area contributed by atoms with Crippen molar-refractivity contribution in [1.82, 2.24) is 0 Å². The van der Waals surface area contributed by atoms with Crippen LogP contribution in [0.5, 0.6) is 0 Å². The predicted octanol–water partition coefficient (Wildman–Crippen LogP) is 5.13. The van der Waals surface area contributed by atoms with Gasteiger partial charge >= 0.3 is 0 Å². The Morgan fingerprint density at radius 1 is 1.14 bits per heavy atom. The van der Waals surface area contributed by atoms with E-state index in [-0.39, 0.29) is 10.8 Å². The highest BCUT2D eigenvalue weighted by Crippen LogP contribution is 2.65. The summed E-state index contributed by atoms with van der Waals surface area (Å²) < 4.78 is 6.20. The largest absolute Gasteiger partial charge is 0.420 e. The van der Waals surface area contributed by atoms with Gasteiger partial charge in [0.15, 0.2) is 9.04 Å². The van der Waals surface area contributed by atoms with E-state index < -0.39 is 9.04 Å². The molecule has 164 valence electrons. The van der Waals surface area contributed by atoms with E-state index in [9.17, 15) is 9.90 Å². The number of allylic oxidation sites excluding steroid dienone is 1. The summed E-state index contributed by atoms with van der Waals surface area (Å²) in [5.74, 6) is 2.75. The molecule has 0 aliphatic heterocycles. The quantitative estimate of drug-likeness (QED) is 0.508. The number of fused-ring (bicyclic) bond motifs is 5. The molecule has 3 fully saturated rings. The molecule has 0 radical (unpaired) electrons. The first-order valence-electron chi connectivity index (χ1n) is 12.1. The molecule has 4 aliphatic carbocycles. The molecule has 0 saturated heterocycles. The molecule has 0 amide bonds. The molecule has 0 heterocycles. The van der Waals surface area contributed by atoms with E-state index in [1.807, 2.05) is 0 Å². The second-order valence-electron chi connectivity index (χ2n) is 12.0. The summed E-state index contributed by atoms with van der Waals surface area (Å²) in [5.41, 5.74) is 1.64. The van der Waals surface area contributed by atoms with Crippen molar-refractivity contribution in [2.24, 2.45) is 39.9 Å². The Kier molecular flexibility index (Phi) is 5.70. The van der Waals surface area contributed by atoms with Gasteiger partial charge in [0, 0.05) is 18.4 Å². The number of rotatable bonds is 4. The molecule has 3 saturated carbocycles. The third-order valence-corrected chi connectivity index (χ3v) is 10.3. The van der Waals surface area contributed by atoms with Crippen LogP contribution < -0.4 is 0 Å². The van der Waals surface area contributed by atoms with Crippen molar-refractivity contribution < 1.29 is 14.3 Å². The van der Waals surface area contributed by atoms with Gasteiger partial charge in [-0.2, -0.15) is 0 Å². The van der Waals surface area contributed by atoms with Crippen molar-refractivity contribution >= 4 is 14.8 Å². The minimum atomic E-state index is -1.14. The first kappa shape index (κ1) is 21.8. The van der Waals surface area contributed by atoms with Crippen molar-refractivity contribution in [3.05, 3.63) is 11.6 Å². The number of carbonyl (C=O) groups excluding carboxylic acids is 1. The lowest BCUT2D eigenvalue weighted by Gasteiger charge is -2.58. The second kappa shape index (κ2) is 7.60. The van der Waals surface area contributed by atoms with Crippen LogP contribution in [0.2, 0.25) is 13.1 Å². The van der Waals surface area contributed by atoms with Crippen LogP contribution in [0.25, 0.3) is 0 Å². The maximum absolute atomic E-state index is 13.1. The van der Waals surface area contributed by atoms with E-state index in [0.29, 0.717) is 48.1 Å². The maximum atomic E-state index is 13.1. The van der Waals surface area contributed by atoms with Gasteiger partial charge in [-0.25, -0.2) is 0 Å². The van der Waals surface area contributed by atoms with E-state index in [1.165, 1.54) is 6.42 Å². The van der Waals surface area contributed by atoms with E-state index in [4.69, 9.17) is 4.43 Å². The van der Waals surface area contributed by atoms with E-state index in [0.717, 1.165) is 44.9 Å². The Labute approximate surface area is 179 Å². The van der Waals surface area contributed by atoms with Crippen LogP contribution in [-0.4, -0.2) is 33.1 Å². The number of hydrogen-bond donors (Lipinski definition) is 1. The van der Waals surface area contributed by atoms with Gasteiger partial charge in [-0.05, 0) is 87.1 Å². The van der Waals surface area contributed by atoms with Crippen LogP contribution in [0.15, 0.2) is 11.6 Å². The van der Waals surface area contributed by atoms with Gasteiger partial charge in [0.05, 0.1) is 12.0 Å². The summed E-state index contributed by atoms with van der Waals surface area (Å²) in [5, 5.41) is 10.7. The average Bonchev–Trinajstić information content (AvgIpc) is 3.01. The Hall–Kier alpha value is -0.453. The average molecular weight is 419 g/mol. The van der Waals surface area contributed by atoms with Gasteiger partial charge in [-0.1, -0.05) is 32.4 Å². The van der Waals surface area contributed by atoms with Crippen molar-refractivity contribution in [1.29, 1.82) is 0 Å². The Balaban J connectivity index is 1.63. The van der Waals surface area contributed by atoms with Crippen molar-refractivity contribution in [3.63, 3.8) is 0 Å². The highest BCUT2D eigenvalue weighted by atomic mass is 28.3. The van der Waals surface area contributed by atoms with Crippen LogP contribution in [0.4, 0.5) is 0 Å². The van der Waals surface area contributed by atoms with Gasteiger partial charge in [0.25, 0.3) is 0 Å². The molecular formula is C25H42O3Si. The minimum Gasteiger partial charge on any atom is -0.420 e. The number of ketones is 1. The maximum Gasteiger partial charge on any atom is 0.170 e. The van der Waals surface area contributed by atoms with E-state index in [1.54, 1.807) is 5.57 Å². The molecule has 0 aromatic heterocycles. The van der Waals surface area contributed by atoms with Gasteiger partial charge in [0.1, 0.15) is 5.78 Å². The monoisotopic (exact) mass is 418 g/mol. The van der Waals surface area contributed by atoms with Crippen molar-refractivity contribution in [2.75, 3.05) is 13.2 Å². The summed E-state index contributed by atoms with van der Waals surface area (Å²) in [4.78, 5) is 13.1. The van der Waals surface area contributed by atoms with E-state index >= 15 is 0 Å². The standard InChI is InChI=1S/C25H42O3Si/c1-23(2,3)17-10-12-24(15-26)18(14-17)6-7-19-20-8-9-22(27)25(20,13-11-21(19)24)16-28-29(4)5/h6,17,19-21,26,29H,7-16H2,1-5H3/t17?,19-,20-,21-,24+,25+/m0/s1. The normalized spacial score (nSPS) is 42.3. The topological polar surface area (TPSA) is 46.5 Å². The summed E-state index contributed by atoms with van der Waals surface area (Å²) in [6.07, 6.45) is 11.0. The number of aliphatic hydroxyl groups excluding tert-OH is 1. The first-order chi connectivity index (χ1) is 13.6. The molecule has 1 N–H and O–H groups in total. The van der Waals surface area contributed by atoms with E-state index in [2.05, 4.69) is 39.9 Å². The third kappa shape index (κ3) is 3.42. The zero-order valence-electron chi connectivity index (χ0n) is 19.3. The Bertz CT molecular complexity index is 678. The Morgan fingerprint density at radius 3 is 2.48 bits per heavy atom. The third-order valence-electron chi connectivity index (χ3n) is 9.45. The smallest absolute Gasteiger partial charge is 0.170 e. The fourth-order valence-corrected chi connectivity index (χ4v) is 8.28. The summed E-state index contributed by atoms with van der Waals surface area (Å²) >= 11 is 0. The zero-order valence-corrected chi connectivity index (χ0v) is 20.5. The summed E-state index contributed by atoms with van der Waals surface area (Å²) in [7, 11) is -1.14. The van der Waals surface area contributed by atoms with Crippen LogP contribution in [0.3, 0.4) is 0 Å². The zero-order chi connectivity index (χ0) is 21.0. The molecule has 1 unspecified atom stereocenters. The summed E-state index contributed by atoms with van der Waals surface area (Å²) in [6, 6.07) is 0. The second-order valence-corrected chi connectivity index (χ2v) is 14.4. The van der Waals surface area contributed by atoms with Crippen LogP contribution >= 0.6 is 0 Å².